The third-order valence-corrected chi connectivity index (χ3v) is 2.59. The summed E-state index contributed by atoms with van der Waals surface area (Å²) in [6, 6.07) is 6.31. The lowest BCUT2D eigenvalue weighted by Gasteiger charge is -2.12. The molecule has 1 heteroatoms. The van der Waals surface area contributed by atoms with Crippen LogP contribution in [0.5, 0.6) is 0 Å². The van der Waals surface area contributed by atoms with Gasteiger partial charge in [-0.15, -0.1) is 0 Å². The van der Waals surface area contributed by atoms with E-state index in [2.05, 4.69) is 37.3 Å². The predicted octanol–water partition coefficient (Wildman–Crippen LogP) is 2.75. The van der Waals surface area contributed by atoms with Crippen LogP contribution in [0, 0.1) is 6.92 Å². The summed E-state index contributed by atoms with van der Waals surface area (Å²) >= 11 is 0. The smallest absolute Gasteiger partial charge is 0.0502 e. The highest BCUT2D eigenvalue weighted by atomic mass is 14.7. The lowest BCUT2D eigenvalue weighted by atomic mass is 10.0. The van der Waals surface area contributed by atoms with Gasteiger partial charge in [0.1, 0.15) is 0 Å². The summed E-state index contributed by atoms with van der Waals surface area (Å²) in [6.45, 7) is 4.12. The molecule has 0 bridgehead atoms. The van der Waals surface area contributed by atoms with Crippen LogP contribution in [0.25, 0.3) is 12.2 Å². The molecule has 1 unspecified atom stereocenters. The van der Waals surface area contributed by atoms with E-state index >= 15 is 0 Å². The Labute approximate surface area is 84.9 Å². The molecule has 2 rings (SSSR count). The normalized spacial score (nSPS) is 24.5. The topological polar surface area (TPSA) is 26.0 Å². The van der Waals surface area contributed by atoms with E-state index < -0.39 is 0 Å². The third kappa shape index (κ3) is 1.64. The van der Waals surface area contributed by atoms with Crippen molar-refractivity contribution >= 4 is 12.2 Å². The van der Waals surface area contributed by atoms with Crippen molar-refractivity contribution in [2.24, 2.45) is 5.73 Å². The maximum atomic E-state index is 6.03. The van der Waals surface area contributed by atoms with Gasteiger partial charge in [0.25, 0.3) is 0 Å². The first-order valence-corrected chi connectivity index (χ1v) is 4.85. The van der Waals surface area contributed by atoms with Gasteiger partial charge in [0, 0.05) is 0 Å². The molecular formula is C13H15N. The molecule has 1 aromatic rings. The fraction of sp³-hybridized carbons (Fsp3) is 0.231. The third-order valence-electron chi connectivity index (χ3n) is 2.59. The van der Waals surface area contributed by atoms with Gasteiger partial charge in [0.05, 0.1) is 5.54 Å². The second-order valence-corrected chi connectivity index (χ2v) is 4.11. The van der Waals surface area contributed by atoms with Crippen molar-refractivity contribution in [3.63, 3.8) is 0 Å². The molecule has 0 fully saturated rings. The van der Waals surface area contributed by atoms with Gasteiger partial charge < -0.3 is 5.73 Å². The molecule has 72 valence electrons. The molecule has 1 atom stereocenters. The number of rotatable bonds is 0. The van der Waals surface area contributed by atoms with Gasteiger partial charge in [0.15, 0.2) is 0 Å². The second kappa shape index (κ2) is 3.10. The van der Waals surface area contributed by atoms with E-state index in [0.717, 1.165) is 0 Å². The monoisotopic (exact) mass is 185 g/mol. The van der Waals surface area contributed by atoms with Crippen molar-refractivity contribution in [2.75, 3.05) is 0 Å². The molecule has 14 heavy (non-hydrogen) atoms. The van der Waals surface area contributed by atoms with Crippen molar-refractivity contribution < 1.29 is 0 Å². The number of benzene rings is 1. The Bertz CT molecular complexity index is 411. The largest absolute Gasteiger partial charge is 0.319 e. The van der Waals surface area contributed by atoms with E-state index in [1.807, 2.05) is 19.1 Å². The average molecular weight is 185 g/mol. The summed E-state index contributed by atoms with van der Waals surface area (Å²) in [7, 11) is 0. The molecule has 0 saturated heterocycles. The van der Waals surface area contributed by atoms with Gasteiger partial charge >= 0.3 is 0 Å². The van der Waals surface area contributed by atoms with Gasteiger partial charge in [-0.05, 0) is 30.5 Å². The molecule has 2 N–H and O–H groups in total. The van der Waals surface area contributed by atoms with E-state index in [0.29, 0.717) is 0 Å². The molecule has 0 aliphatic heterocycles. The SMILES string of the molecule is Cc1cccc2c1C=CC(C)(N)C=C2. The molecule has 0 amide bonds. The van der Waals surface area contributed by atoms with E-state index in [1.54, 1.807) is 0 Å². The van der Waals surface area contributed by atoms with Gasteiger partial charge in [0.2, 0.25) is 0 Å². The maximum Gasteiger partial charge on any atom is 0.0502 e. The molecule has 0 aromatic heterocycles. The number of fused-ring (bicyclic) bond motifs is 1. The van der Waals surface area contributed by atoms with Crippen molar-refractivity contribution in [3.05, 3.63) is 47.0 Å². The second-order valence-electron chi connectivity index (χ2n) is 4.11. The predicted molar refractivity (Wildman–Crippen MR) is 61.8 cm³/mol. The highest BCUT2D eigenvalue weighted by Crippen LogP contribution is 2.23. The molecule has 1 aliphatic rings. The van der Waals surface area contributed by atoms with E-state index in [9.17, 15) is 0 Å². The summed E-state index contributed by atoms with van der Waals surface area (Å²) in [5.74, 6) is 0. The zero-order valence-electron chi connectivity index (χ0n) is 8.62. The summed E-state index contributed by atoms with van der Waals surface area (Å²) in [5, 5.41) is 0. The van der Waals surface area contributed by atoms with E-state index in [4.69, 9.17) is 5.73 Å². The van der Waals surface area contributed by atoms with Crippen LogP contribution in [0.2, 0.25) is 0 Å². The minimum atomic E-state index is -0.328. The first kappa shape index (κ1) is 9.22. The Kier molecular flexibility index (Phi) is 2.05. The van der Waals surface area contributed by atoms with Crippen LogP contribution < -0.4 is 5.73 Å². The Balaban J connectivity index is 2.60. The van der Waals surface area contributed by atoms with Crippen molar-refractivity contribution in [1.29, 1.82) is 0 Å². The summed E-state index contributed by atoms with van der Waals surface area (Å²) in [5.41, 5.74) is 9.52. The first-order valence-electron chi connectivity index (χ1n) is 4.85. The molecule has 1 nitrogen and oxygen atoms in total. The van der Waals surface area contributed by atoms with E-state index in [-0.39, 0.29) is 5.54 Å². The van der Waals surface area contributed by atoms with Crippen LogP contribution in [0.4, 0.5) is 0 Å². The molecule has 1 aromatic carbocycles. The lowest BCUT2D eigenvalue weighted by Crippen LogP contribution is -2.29. The zero-order valence-corrected chi connectivity index (χ0v) is 8.62. The van der Waals surface area contributed by atoms with Crippen LogP contribution >= 0.6 is 0 Å². The van der Waals surface area contributed by atoms with E-state index in [1.165, 1.54) is 16.7 Å². The Morgan fingerprint density at radius 3 is 2.64 bits per heavy atom. The van der Waals surface area contributed by atoms with Gasteiger partial charge in [-0.2, -0.15) is 0 Å². The minimum Gasteiger partial charge on any atom is -0.319 e. The first-order chi connectivity index (χ1) is 6.58. The standard InChI is InChI=1S/C13H15N/c1-10-4-3-5-11-6-8-13(2,14)9-7-12(10)11/h3-9H,14H2,1-2H3. The van der Waals surface area contributed by atoms with Gasteiger partial charge in [-0.3, -0.25) is 0 Å². The highest BCUT2D eigenvalue weighted by Gasteiger charge is 2.13. The van der Waals surface area contributed by atoms with Crippen molar-refractivity contribution in [2.45, 2.75) is 19.4 Å². The van der Waals surface area contributed by atoms with Crippen LogP contribution in [-0.4, -0.2) is 5.54 Å². The molecule has 1 aliphatic carbocycles. The molecule has 0 heterocycles. The zero-order chi connectivity index (χ0) is 10.2. The molecule has 0 radical (unpaired) electrons. The van der Waals surface area contributed by atoms with Crippen LogP contribution in [-0.2, 0) is 0 Å². The Morgan fingerprint density at radius 1 is 1.14 bits per heavy atom. The average Bonchev–Trinajstić information content (AvgIpc) is 2.27. The molecule has 0 spiro atoms. The highest BCUT2D eigenvalue weighted by molar-refractivity contribution is 5.71. The van der Waals surface area contributed by atoms with Crippen molar-refractivity contribution in [1.82, 2.24) is 0 Å². The Morgan fingerprint density at radius 2 is 1.86 bits per heavy atom. The number of hydrogen-bond acceptors (Lipinski definition) is 1. The summed E-state index contributed by atoms with van der Waals surface area (Å²) < 4.78 is 0. The van der Waals surface area contributed by atoms with Crippen LogP contribution in [0.1, 0.15) is 23.6 Å². The Hall–Kier alpha value is -1.34. The number of nitrogens with two attached hydrogens (primary N) is 1. The van der Waals surface area contributed by atoms with Crippen LogP contribution in [0.3, 0.4) is 0 Å². The van der Waals surface area contributed by atoms with Gasteiger partial charge in [-0.25, -0.2) is 0 Å². The summed E-state index contributed by atoms with van der Waals surface area (Å²) in [6.07, 6.45) is 8.30. The fourth-order valence-electron chi connectivity index (χ4n) is 1.66. The maximum absolute atomic E-state index is 6.03. The fourth-order valence-corrected chi connectivity index (χ4v) is 1.66. The van der Waals surface area contributed by atoms with Gasteiger partial charge in [-0.1, -0.05) is 42.5 Å². The van der Waals surface area contributed by atoms with Crippen LogP contribution in [0.15, 0.2) is 30.4 Å². The number of aryl methyl sites for hydroxylation is 1. The molecule has 0 saturated carbocycles. The summed E-state index contributed by atoms with van der Waals surface area (Å²) in [4.78, 5) is 0. The molecular weight excluding hydrogens is 170 g/mol. The number of hydrogen-bond donors (Lipinski definition) is 1. The minimum absolute atomic E-state index is 0.328. The quantitative estimate of drug-likeness (QED) is 0.660. The van der Waals surface area contributed by atoms with Crippen molar-refractivity contribution in [3.8, 4) is 0 Å². The lowest BCUT2D eigenvalue weighted by molar-refractivity contribution is 0.743.